The fourth-order valence-electron chi connectivity index (χ4n) is 2.10. The van der Waals surface area contributed by atoms with Gasteiger partial charge in [0.15, 0.2) is 11.4 Å². The van der Waals surface area contributed by atoms with E-state index in [0.29, 0.717) is 5.69 Å². The molecule has 3 aromatic rings. The first-order chi connectivity index (χ1) is 11.2. The van der Waals surface area contributed by atoms with E-state index in [1.54, 1.807) is 11.8 Å². The van der Waals surface area contributed by atoms with Crippen molar-refractivity contribution in [3.8, 4) is 11.4 Å². The summed E-state index contributed by atoms with van der Waals surface area (Å²) in [5.41, 5.74) is 1.41. The maximum absolute atomic E-state index is 12.3. The van der Waals surface area contributed by atoms with E-state index >= 15 is 0 Å². The first-order valence-electron chi connectivity index (χ1n) is 6.97. The zero-order valence-electron chi connectivity index (χ0n) is 12.4. The van der Waals surface area contributed by atoms with Crippen LogP contribution < -0.4 is 5.32 Å². The molecule has 0 aliphatic rings. The molecule has 0 radical (unpaired) electrons. The summed E-state index contributed by atoms with van der Waals surface area (Å²) in [6.07, 6.45) is 3.41. The van der Waals surface area contributed by atoms with Gasteiger partial charge in [-0.15, -0.1) is 11.8 Å². The summed E-state index contributed by atoms with van der Waals surface area (Å²) in [4.78, 5) is 13.4. The minimum absolute atomic E-state index is 0.0113. The molecule has 1 aromatic heterocycles. The first kappa shape index (κ1) is 15.2. The van der Waals surface area contributed by atoms with Crippen molar-refractivity contribution in [3.05, 3.63) is 66.5 Å². The average molecular weight is 325 g/mol. The van der Waals surface area contributed by atoms with Crippen LogP contribution in [-0.4, -0.2) is 27.0 Å². The number of benzene rings is 2. The molecule has 0 bridgehead atoms. The first-order valence-corrected chi connectivity index (χ1v) is 8.19. The van der Waals surface area contributed by atoms with Crippen molar-refractivity contribution in [1.82, 2.24) is 9.78 Å². The van der Waals surface area contributed by atoms with Crippen LogP contribution in [0.3, 0.4) is 0 Å². The summed E-state index contributed by atoms with van der Waals surface area (Å²) in [5.74, 6) is -0.610. The van der Waals surface area contributed by atoms with E-state index < -0.39 is 5.91 Å². The number of carbonyl (C=O) groups excluding carboxylic acids is 1. The topological polar surface area (TPSA) is 67.2 Å². The standard InChI is InChI=1S/C17H15N3O2S/c1-23-14-9-7-12(8-10-14)18-17(22)16-15(21)11-20(19-16)13-5-3-2-4-6-13/h2-11,21H,1H3,(H,18,22). The Hall–Kier alpha value is -2.73. The lowest BCUT2D eigenvalue weighted by Gasteiger charge is -2.04. The lowest BCUT2D eigenvalue weighted by Crippen LogP contribution is -2.13. The molecule has 0 unspecified atom stereocenters. The quantitative estimate of drug-likeness (QED) is 0.720. The number of thioether (sulfide) groups is 1. The lowest BCUT2D eigenvalue weighted by atomic mass is 10.3. The van der Waals surface area contributed by atoms with Gasteiger partial charge in [-0.25, -0.2) is 4.68 Å². The van der Waals surface area contributed by atoms with Crippen LogP contribution in [0, 0.1) is 0 Å². The van der Waals surface area contributed by atoms with Crippen molar-refractivity contribution in [3.63, 3.8) is 0 Å². The van der Waals surface area contributed by atoms with Gasteiger partial charge in [-0.1, -0.05) is 18.2 Å². The molecular formula is C17H15N3O2S. The highest BCUT2D eigenvalue weighted by atomic mass is 32.2. The van der Waals surface area contributed by atoms with E-state index in [1.165, 1.54) is 10.9 Å². The minimum Gasteiger partial charge on any atom is -0.504 e. The highest BCUT2D eigenvalue weighted by Gasteiger charge is 2.17. The second-order valence-corrected chi connectivity index (χ2v) is 5.71. The molecule has 116 valence electrons. The van der Waals surface area contributed by atoms with Crippen LogP contribution in [0.2, 0.25) is 0 Å². The second-order valence-electron chi connectivity index (χ2n) is 4.83. The number of carbonyl (C=O) groups is 1. The fraction of sp³-hybridized carbons (Fsp3) is 0.0588. The van der Waals surface area contributed by atoms with Crippen LogP contribution in [0.25, 0.3) is 5.69 Å². The molecule has 0 aliphatic carbocycles. The van der Waals surface area contributed by atoms with Gasteiger partial charge in [0.25, 0.3) is 5.91 Å². The van der Waals surface area contributed by atoms with Crippen LogP contribution in [0.5, 0.6) is 5.75 Å². The van der Waals surface area contributed by atoms with Crippen LogP contribution in [0.4, 0.5) is 5.69 Å². The molecule has 0 saturated carbocycles. The maximum Gasteiger partial charge on any atom is 0.280 e. The minimum atomic E-state index is -0.450. The Bertz CT molecular complexity index is 814. The van der Waals surface area contributed by atoms with Crippen molar-refractivity contribution in [2.75, 3.05) is 11.6 Å². The van der Waals surface area contributed by atoms with Crippen LogP contribution in [0.15, 0.2) is 65.7 Å². The zero-order chi connectivity index (χ0) is 16.2. The number of aromatic hydroxyl groups is 1. The normalized spacial score (nSPS) is 10.5. The molecular weight excluding hydrogens is 310 g/mol. The molecule has 2 aromatic carbocycles. The average Bonchev–Trinajstić information content (AvgIpc) is 2.98. The van der Waals surface area contributed by atoms with Crippen molar-refractivity contribution in [2.24, 2.45) is 0 Å². The van der Waals surface area contributed by atoms with Gasteiger partial charge in [0, 0.05) is 10.6 Å². The summed E-state index contributed by atoms with van der Waals surface area (Å²) in [6.45, 7) is 0. The Balaban J connectivity index is 1.81. The Labute approximate surface area is 138 Å². The number of aromatic nitrogens is 2. The monoisotopic (exact) mass is 325 g/mol. The highest BCUT2D eigenvalue weighted by molar-refractivity contribution is 7.98. The Kier molecular flexibility index (Phi) is 4.34. The van der Waals surface area contributed by atoms with Gasteiger partial charge >= 0.3 is 0 Å². The molecule has 5 nitrogen and oxygen atoms in total. The lowest BCUT2D eigenvalue weighted by molar-refractivity contribution is 0.101. The molecule has 2 N–H and O–H groups in total. The SMILES string of the molecule is CSc1ccc(NC(=O)c2nn(-c3ccccc3)cc2O)cc1. The van der Waals surface area contributed by atoms with E-state index in [-0.39, 0.29) is 11.4 Å². The van der Waals surface area contributed by atoms with Gasteiger partial charge in [-0.3, -0.25) is 4.79 Å². The van der Waals surface area contributed by atoms with Gasteiger partial charge in [0.1, 0.15) is 0 Å². The summed E-state index contributed by atoms with van der Waals surface area (Å²) in [5, 5.41) is 16.9. The summed E-state index contributed by atoms with van der Waals surface area (Å²) < 4.78 is 1.47. The molecule has 1 amide bonds. The third kappa shape index (κ3) is 3.37. The number of amides is 1. The number of hydrogen-bond donors (Lipinski definition) is 2. The molecule has 0 atom stereocenters. The van der Waals surface area contributed by atoms with Crippen molar-refractivity contribution >= 4 is 23.4 Å². The molecule has 23 heavy (non-hydrogen) atoms. The summed E-state index contributed by atoms with van der Waals surface area (Å²) in [6, 6.07) is 16.8. The molecule has 0 saturated heterocycles. The number of nitrogens with zero attached hydrogens (tertiary/aromatic N) is 2. The van der Waals surface area contributed by atoms with E-state index in [2.05, 4.69) is 10.4 Å². The van der Waals surface area contributed by atoms with Crippen molar-refractivity contribution < 1.29 is 9.90 Å². The number of rotatable bonds is 4. The Morgan fingerprint density at radius 2 is 1.83 bits per heavy atom. The van der Waals surface area contributed by atoms with Crippen molar-refractivity contribution in [2.45, 2.75) is 4.90 Å². The zero-order valence-corrected chi connectivity index (χ0v) is 13.2. The molecule has 1 heterocycles. The molecule has 0 aliphatic heterocycles. The van der Waals surface area contributed by atoms with Crippen LogP contribution in [0.1, 0.15) is 10.5 Å². The molecule has 0 spiro atoms. The van der Waals surface area contributed by atoms with Gasteiger partial charge in [-0.05, 0) is 42.7 Å². The number of hydrogen-bond acceptors (Lipinski definition) is 4. The van der Waals surface area contributed by atoms with Gasteiger partial charge in [0.2, 0.25) is 0 Å². The summed E-state index contributed by atoms with van der Waals surface area (Å²) in [7, 11) is 0. The third-order valence-electron chi connectivity index (χ3n) is 3.28. The number of anilines is 1. The fourth-order valence-corrected chi connectivity index (χ4v) is 2.51. The van der Waals surface area contributed by atoms with E-state index in [1.807, 2.05) is 60.9 Å². The molecule has 0 fully saturated rings. The second kappa shape index (κ2) is 6.58. The van der Waals surface area contributed by atoms with Gasteiger partial charge < -0.3 is 10.4 Å². The van der Waals surface area contributed by atoms with Crippen LogP contribution in [-0.2, 0) is 0 Å². The van der Waals surface area contributed by atoms with Crippen LogP contribution >= 0.6 is 11.8 Å². The predicted octanol–water partition coefficient (Wildman–Crippen LogP) is 3.55. The third-order valence-corrected chi connectivity index (χ3v) is 4.02. The highest BCUT2D eigenvalue weighted by Crippen LogP contribution is 2.21. The van der Waals surface area contributed by atoms with Gasteiger partial charge in [0.05, 0.1) is 11.9 Å². The predicted molar refractivity (Wildman–Crippen MR) is 91.4 cm³/mol. The smallest absolute Gasteiger partial charge is 0.280 e. The number of nitrogens with one attached hydrogen (secondary N) is 1. The Morgan fingerprint density at radius 1 is 1.13 bits per heavy atom. The molecule has 3 rings (SSSR count). The van der Waals surface area contributed by atoms with E-state index in [0.717, 1.165) is 10.6 Å². The van der Waals surface area contributed by atoms with E-state index in [4.69, 9.17) is 0 Å². The maximum atomic E-state index is 12.3. The largest absolute Gasteiger partial charge is 0.504 e. The van der Waals surface area contributed by atoms with Crippen molar-refractivity contribution in [1.29, 1.82) is 0 Å². The van der Waals surface area contributed by atoms with Gasteiger partial charge in [-0.2, -0.15) is 5.10 Å². The Morgan fingerprint density at radius 3 is 2.48 bits per heavy atom. The van der Waals surface area contributed by atoms with E-state index in [9.17, 15) is 9.90 Å². The number of para-hydroxylation sites is 1. The summed E-state index contributed by atoms with van der Waals surface area (Å²) >= 11 is 1.63. The molecule has 6 heteroatoms.